The van der Waals surface area contributed by atoms with E-state index in [2.05, 4.69) is 32.0 Å². The third-order valence-corrected chi connectivity index (χ3v) is 5.72. The van der Waals surface area contributed by atoms with E-state index in [9.17, 15) is 8.94 Å². The summed E-state index contributed by atoms with van der Waals surface area (Å²) in [6.45, 7) is 7.51. The average molecular weight is 509 g/mol. The molecule has 1 atom stereocenters. The normalized spacial score (nSPS) is 13.6. The number of halogens is 3. The minimum atomic E-state index is -1.35. The lowest BCUT2D eigenvalue weighted by Gasteiger charge is -2.19. The van der Waals surface area contributed by atoms with Crippen LogP contribution in [-0.4, -0.2) is 26.6 Å². The summed E-state index contributed by atoms with van der Waals surface area (Å²) in [5.74, 6) is 0.193. The Hall–Kier alpha value is -0.900. The van der Waals surface area contributed by atoms with Crippen LogP contribution in [0.4, 0.5) is 4.39 Å². The molecule has 1 aromatic heterocycles. The lowest BCUT2D eigenvalue weighted by Crippen LogP contribution is -2.27. The zero-order chi connectivity index (χ0) is 19.5. The summed E-state index contributed by atoms with van der Waals surface area (Å²) in [4.78, 5) is 4.33. The number of ether oxygens (including phenoxy) is 1. The molecule has 1 aromatic carbocycles. The number of aromatic nitrogens is 1. The van der Waals surface area contributed by atoms with Gasteiger partial charge in [0.15, 0.2) is 5.75 Å². The van der Waals surface area contributed by atoms with E-state index in [4.69, 9.17) is 16.3 Å². The predicted octanol–water partition coefficient (Wildman–Crippen LogP) is 5.45. The van der Waals surface area contributed by atoms with Crippen LogP contribution < -0.4 is 4.74 Å². The van der Waals surface area contributed by atoms with Crippen LogP contribution in [0.2, 0.25) is 5.15 Å². The molecule has 0 aliphatic heterocycles. The molecule has 1 unspecified atom stereocenters. The van der Waals surface area contributed by atoms with Crippen LogP contribution in [0.25, 0.3) is 11.3 Å². The molecule has 0 radical (unpaired) electrons. The number of pyridine rings is 1. The standard InChI is InChI=1S/C18H19ClFIN2O2S/c1-11(23-26(24)18(2,3)4)10-25-17-14(21)9-15(19)22-16(17)12-5-7-13(20)8-6-12/h5-9H,10H2,1-4H3. The van der Waals surface area contributed by atoms with Crippen LogP contribution in [-0.2, 0) is 11.4 Å². The summed E-state index contributed by atoms with van der Waals surface area (Å²) in [6.07, 6.45) is 0. The molecule has 0 spiro atoms. The van der Waals surface area contributed by atoms with Gasteiger partial charge in [-0.3, -0.25) is 0 Å². The summed E-state index contributed by atoms with van der Waals surface area (Å²) < 4.78 is 35.8. The van der Waals surface area contributed by atoms with Crippen molar-refractivity contribution in [1.29, 1.82) is 0 Å². The highest BCUT2D eigenvalue weighted by Crippen LogP contribution is 2.34. The minimum Gasteiger partial charge on any atom is -0.591 e. The Morgan fingerprint density at radius 3 is 2.54 bits per heavy atom. The van der Waals surface area contributed by atoms with Gasteiger partial charge in [-0.25, -0.2) is 9.37 Å². The van der Waals surface area contributed by atoms with Crippen molar-refractivity contribution in [3.63, 3.8) is 0 Å². The van der Waals surface area contributed by atoms with Crippen molar-refractivity contribution in [3.8, 4) is 17.0 Å². The molecular formula is C18H19ClFIN2O2S. The molecule has 26 heavy (non-hydrogen) atoms. The van der Waals surface area contributed by atoms with E-state index in [1.807, 2.05) is 20.8 Å². The van der Waals surface area contributed by atoms with E-state index in [-0.39, 0.29) is 12.4 Å². The van der Waals surface area contributed by atoms with Crippen molar-refractivity contribution in [1.82, 2.24) is 4.98 Å². The highest BCUT2D eigenvalue weighted by molar-refractivity contribution is 14.1. The van der Waals surface area contributed by atoms with E-state index in [0.29, 0.717) is 27.9 Å². The van der Waals surface area contributed by atoms with Gasteiger partial charge in [0.2, 0.25) is 0 Å². The second kappa shape index (κ2) is 8.86. The maximum Gasteiger partial charge on any atom is 0.159 e. The van der Waals surface area contributed by atoms with E-state index >= 15 is 0 Å². The lowest BCUT2D eigenvalue weighted by atomic mass is 10.1. The van der Waals surface area contributed by atoms with Crippen LogP contribution in [0, 0.1) is 9.39 Å². The zero-order valence-corrected chi connectivity index (χ0v) is 18.6. The monoisotopic (exact) mass is 508 g/mol. The summed E-state index contributed by atoms with van der Waals surface area (Å²) in [6, 6.07) is 7.63. The maximum atomic E-state index is 13.2. The largest absolute Gasteiger partial charge is 0.591 e. The fourth-order valence-corrected chi connectivity index (χ4v) is 3.59. The zero-order valence-electron chi connectivity index (χ0n) is 14.8. The molecule has 2 rings (SSSR count). The molecule has 2 aromatic rings. The Morgan fingerprint density at radius 1 is 1.35 bits per heavy atom. The maximum absolute atomic E-state index is 13.2. The number of hydrogen-bond donors (Lipinski definition) is 0. The SMILES string of the molecule is CC(COc1c(I)cc(Cl)nc1-c1ccc(F)cc1)=N[S+]([O-])C(C)(C)C. The minimum absolute atomic E-state index is 0.162. The molecule has 8 heteroatoms. The Labute approximate surface area is 174 Å². The number of hydrogen-bond acceptors (Lipinski definition) is 4. The Balaban J connectivity index is 2.29. The second-order valence-corrected chi connectivity index (χ2v) is 10.0. The van der Waals surface area contributed by atoms with Crippen molar-refractivity contribution in [3.05, 3.63) is 44.9 Å². The summed E-state index contributed by atoms with van der Waals surface area (Å²) in [5.41, 5.74) is 1.82. The topological polar surface area (TPSA) is 57.5 Å². The molecule has 0 bridgehead atoms. The third-order valence-electron chi connectivity index (χ3n) is 3.20. The second-order valence-electron chi connectivity index (χ2n) is 6.59. The molecule has 0 aliphatic rings. The van der Waals surface area contributed by atoms with Gasteiger partial charge in [0.25, 0.3) is 0 Å². The van der Waals surface area contributed by atoms with Crippen molar-refractivity contribution >= 4 is 51.3 Å². The molecular weight excluding hydrogens is 490 g/mol. The first-order chi connectivity index (χ1) is 12.1. The van der Waals surface area contributed by atoms with Gasteiger partial charge in [0, 0.05) is 5.56 Å². The molecule has 1 heterocycles. The molecule has 4 nitrogen and oxygen atoms in total. The summed E-state index contributed by atoms with van der Waals surface area (Å²) in [5, 5.41) is 0.320. The smallest absolute Gasteiger partial charge is 0.159 e. The van der Waals surface area contributed by atoms with Crippen LogP contribution in [0.3, 0.4) is 0 Å². The fourth-order valence-electron chi connectivity index (χ4n) is 1.90. The van der Waals surface area contributed by atoms with Crippen LogP contribution >= 0.6 is 34.2 Å². The third kappa shape index (κ3) is 5.80. The van der Waals surface area contributed by atoms with Crippen molar-refractivity contribution in [2.45, 2.75) is 32.4 Å². The first-order valence-corrected chi connectivity index (χ1v) is 10.3. The lowest BCUT2D eigenvalue weighted by molar-refractivity contribution is 0.373. The summed E-state index contributed by atoms with van der Waals surface area (Å²) in [7, 11) is 0. The van der Waals surface area contributed by atoms with Crippen LogP contribution in [0.15, 0.2) is 34.7 Å². The van der Waals surface area contributed by atoms with Gasteiger partial charge in [-0.15, -0.1) is 0 Å². The van der Waals surface area contributed by atoms with E-state index in [0.717, 1.165) is 3.57 Å². The molecule has 0 N–H and O–H groups in total. The van der Waals surface area contributed by atoms with E-state index in [1.54, 1.807) is 25.1 Å². The van der Waals surface area contributed by atoms with Gasteiger partial charge >= 0.3 is 0 Å². The molecule has 0 amide bonds. The van der Waals surface area contributed by atoms with Gasteiger partial charge < -0.3 is 9.29 Å². The van der Waals surface area contributed by atoms with Gasteiger partial charge in [0.1, 0.15) is 45.1 Å². The Morgan fingerprint density at radius 2 is 1.96 bits per heavy atom. The van der Waals surface area contributed by atoms with Gasteiger partial charge in [-0.05, 0) is 80.6 Å². The number of rotatable bonds is 5. The van der Waals surface area contributed by atoms with Crippen LogP contribution in [0.1, 0.15) is 27.7 Å². The first-order valence-electron chi connectivity index (χ1n) is 7.79. The highest BCUT2D eigenvalue weighted by Gasteiger charge is 2.26. The van der Waals surface area contributed by atoms with E-state index < -0.39 is 16.1 Å². The Kier molecular flexibility index (Phi) is 7.29. The summed E-state index contributed by atoms with van der Waals surface area (Å²) >= 11 is 6.83. The fraction of sp³-hybridized carbons (Fsp3) is 0.333. The molecule has 0 aliphatic carbocycles. The first kappa shape index (κ1) is 21.4. The number of nitrogens with zero attached hydrogens (tertiary/aromatic N) is 2. The molecule has 0 saturated heterocycles. The molecule has 0 saturated carbocycles. The van der Waals surface area contributed by atoms with E-state index in [1.165, 1.54) is 12.1 Å². The van der Waals surface area contributed by atoms with Gasteiger partial charge in [-0.2, -0.15) is 0 Å². The van der Waals surface area contributed by atoms with Crippen LogP contribution in [0.5, 0.6) is 5.75 Å². The van der Waals surface area contributed by atoms with Crippen molar-refractivity contribution in [2.24, 2.45) is 4.40 Å². The van der Waals surface area contributed by atoms with Crippen molar-refractivity contribution < 1.29 is 13.7 Å². The Bertz CT molecular complexity index is 810. The predicted molar refractivity (Wildman–Crippen MR) is 114 cm³/mol. The van der Waals surface area contributed by atoms with Crippen molar-refractivity contribution in [2.75, 3.05) is 6.61 Å². The van der Waals surface area contributed by atoms with Gasteiger partial charge in [-0.1, -0.05) is 16.0 Å². The molecule has 0 fully saturated rings. The average Bonchev–Trinajstić information content (AvgIpc) is 2.53. The molecule has 140 valence electrons. The van der Waals surface area contributed by atoms with Gasteiger partial charge in [0.05, 0.1) is 3.57 Å². The quantitative estimate of drug-likeness (QED) is 0.234. The highest BCUT2D eigenvalue weighted by atomic mass is 127. The number of benzene rings is 1.